The van der Waals surface area contributed by atoms with E-state index >= 15 is 0 Å². The first-order valence-electron chi connectivity index (χ1n) is 6.75. The first-order valence-corrected chi connectivity index (χ1v) is 8.64. The monoisotopic (exact) mass is 318 g/mol. The molecular weight excluding hydrogens is 300 g/mol. The zero-order chi connectivity index (χ0) is 16.2. The van der Waals surface area contributed by atoms with E-state index < -0.39 is 9.84 Å². The molecule has 0 aromatic heterocycles. The first kappa shape index (κ1) is 16.0. The van der Waals surface area contributed by atoms with E-state index in [0.29, 0.717) is 5.69 Å². The van der Waals surface area contributed by atoms with Crippen molar-refractivity contribution in [1.82, 2.24) is 0 Å². The maximum atomic E-state index is 11.9. The molecule has 0 bridgehead atoms. The van der Waals surface area contributed by atoms with Crippen LogP contribution in [0.15, 0.2) is 53.4 Å². The Morgan fingerprint density at radius 3 is 2.36 bits per heavy atom. The third-order valence-electron chi connectivity index (χ3n) is 3.05. The number of anilines is 2. The highest BCUT2D eigenvalue weighted by Crippen LogP contribution is 2.15. The molecule has 0 heterocycles. The summed E-state index contributed by atoms with van der Waals surface area (Å²) in [5.74, 6) is -0.200. The summed E-state index contributed by atoms with van der Waals surface area (Å²) >= 11 is 0. The van der Waals surface area contributed by atoms with Crippen molar-refractivity contribution in [3.8, 4) is 0 Å². The fourth-order valence-electron chi connectivity index (χ4n) is 1.86. The Labute approximate surface area is 130 Å². The second kappa shape index (κ2) is 6.62. The molecule has 0 spiro atoms. The van der Waals surface area contributed by atoms with Crippen LogP contribution in [0.4, 0.5) is 11.4 Å². The van der Waals surface area contributed by atoms with E-state index in [1.807, 2.05) is 31.2 Å². The summed E-state index contributed by atoms with van der Waals surface area (Å²) in [6, 6.07) is 13.9. The third-order valence-corrected chi connectivity index (χ3v) is 4.16. The average molecular weight is 318 g/mol. The molecule has 2 N–H and O–H groups in total. The quantitative estimate of drug-likeness (QED) is 0.888. The molecule has 0 aliphatic carbocycles. The third kappa shape index (κ3) is 4.60. The van der Waals surface area contributed by atoms with Crippen LogP contribution in [0, 0.1) is 6.92 Å². The van der Waals surface area contributed by atoms with Gasteiger partial charge in [0, 0.05) is 17.6 Å². The van der Waals surface area contributed by atoms with Gasteiger partial charge in [0.25, 0.3) is 0 Å². The lowest BCUT2D eigenvalue weighted by atomic mass is 10.2. The molecule has 116 valence electrons. The molecule has 1 amide bonds. The Bertz CT molecular complexity index is 768. The lowest BCUT2D eigenvalue weighted by molar-refractivity contribution is -0.114. The predicted octanol–water partition coefficient (Wildman–Crippen LogP) is 2.45. The smallest absolute Gasteiger partial charge is 0.243 e. The molecule has 0 saturated heterocycles. The topological polar surface area (TPSA) is 75.3 Å². The number of carbonyl (C=O) groups excluding carboxylic acids is 1. The van der Waals surface area contributed by atoms with Gasteiger partial charge < -0.3 is 10.6 Å². The second-order valence-electron chi connectivity index (χ2n) is 5.07. The van der Waals surface area contributed by atoms with E-state index in [4.69, 9.17) is 0 Å². The fraction of sp³-hybridized carbons (Fsp3) is 0.188. The van der Waals surface area contributed by atoms with Crippen LogP contribution < -0.4 is 10.6 Å². The zero-order valence-corrected chi connectivity index (χ0v) is 13.3. The number of carbonyl (C=O) groups is 1. The Kier molecular flexibility index (Phi) is 4.82. The van der Waals surface area contributed by atoms with Crippen molar-refractivity contribution < 1.29 is 13.2 Å². The van der Waals surface area contributed by atoms with Gasteiger partial charge >= 0.3 is 0 Å². The summed E-state index contributed by atoms with van der Waals surface area (Å²) in [7, 11) is -3.26. The molecule has 2 aromatic rings. The number of hydrogen-bond donors (Lipinski definition) is 2. The van der Waals surface area contributed by atoms with Gasteiger partial charge in [-0.05, 0) is 37.3 Å². The maximum Gasteiger partial charge on any atom is 0.243 e. The van der Waals surface area contributed by atoms with Crippen molar-refractivity contribution in [2.75, 3.05) is 23.4 Å². The Hall–Kier alpha value is -2.34. The minimum Gasteiger partial charge on any atom is -0.376 e. The molecule has 2 aromatic carbocycles. The number of nitrogens with one attached hydrogen (secondary N) is 2. The van der Waals surface area contributed by atoms with Gasteiger partial charge in [-0.1, -0.05) is 23.8 Å². The minimum atomic E-state index is -3.26. The fourth-order valence-corrected chi connectivity index (χ4v) is 2.53. The van der Waals surface area contributed by atoms with E-state index in [2.05, 4.69) is 10.6 Å². The Morgan fingerprint density at radius 2 is 1.73 bits per heavy atom. The summed E-state index contributed by atoms with van der Waals surface area (Å²) in [6.45, 7) is 2.03. The van der Waals surface area contributed by atoms with Crippen molar-refractivity contribution in [2.45, 2.75) is 11.8 Å². The van der Waals surface area contributed by atoms with Crippen molar-refractivity contribution in [2.24, 2.45) is 0 Å². The van der Waals surface area contributed by atoms with Gasteiger partial charge in [-0.2, -0.15) is 0 Å². The second-order valence-corrected chi connectivity index (χ2v) is 7.08. The van der Waals surface area contributed by atoms with Crippen LogP contribution in [0.5, 0.6) is 0 Å². The summed E-state index contributed by atoms with van der Waals surface area (Å²) in [5.41, 5.74) is 2.43. The summed E-state index contributed by atoms with van der Waals surface area (Å²) in [6.07, 6.45) is 1.15. The number of amides is 1. The van der Waals surface area contributed by atoms with Crippen LogP contribution in [0.2, 0.25) is 0 Å². The van der Waals surface area contributed by atoms with Gasteiger partial charge in [0.15, 0.2) is 9.84 Å². The predicted molar refractivity (Wildman–Crippen MR) is 87.9 cm³/mol. The van der Waals surface area contributed by atoms with E-state index in [9.17, 15) is 13.2 Å². The van der Waals surface area contributed by atoms with Crippen LogP contribution in [-0.2, 0) is 14.6 Å². The van der Waals surface area contributed by atoms with Crippen molar-refractivity contribution in [3.63, 3.8) is 0 Å². The van der Waals surface area contributed by atoms with Crippen LogP contribution in [-0.4, -0.2) is 27.1 Å². The van der Waals surface area contributed by atoms with Crippen LogP contribution in [0.1, 0.15) is 5.56 Å². The van der Waals surface area contributed by atoms with Gasteiger partial charge in [0.05, 0.1) is 11.4 Å². The van der Waals surface area contributed by atoms with E-state index in [1.165, 1.54) is 12.1 Å². The van der Waals surface area contributed by atoms with E-state index in [0.717, 1.165) is 17.5 Å². The molecule has 0 atom stereocenters. The molecule has 0 radical (unpaired) electrons. The van der Waals surface area contributed by atoms with Gasteiger partial charge in [0.1, 0.15) is 0 Å². The molecule has 6 heteroatoms. The molecule has 0 aliphatic heterocycles. The number of hydrogen-bond acceptors (Lipinski definition) is 4. The van der Waals surface area contributed by atoms with Crippen molar-refractivity contribution >= 4 is 27.1 Å². The standard InChI is InChI=1S/C16H18N2O3S/c1-12-6-8-13(9-7-12)18-16(19)11-17-14-4-3-5-15(10-14)22(2,20)21/h3-10,17H,11H2,1-2H3,(H,18,19). The Balaban J connectivity index is 1.95. The zero-order valence-electron chi connectivity index (χ0n) is 12.5. The van der Waals surface area contributed by atoms with Gasteiger partial charge in [0.2, 0.25) is 5.91 Å². The summed E-state index contributed by atoms with van der Waals surface area (Å²) in [5, 5.41) is 5.68. The summed E-state index contributed by atoms with van der Waals surface area (Å²) < 4.78 is 23.0. The SMILES string of the molecule is Cc1ccc(NC(=O)CNc2cccc(S(C)(=O)=O)c2)cc1. The number of sulfone groups is 1. The minimum absolute atomic E-state index is 0.0566. The largest absolute Gasteiger partial charge is 0.376 e. The molecule has 5 nitrogen and oxygen atoms in total. The summed E-state index contributed by atoms with van der Waals surface area (Å²) in [4.78, 5) is 12.1. The highest BCUT2D eigenvalue weighted by Gasteiger charge is 2.08. The average Bonchev–Trinajstić information content (AvgIpc) is 2.47. The van der Waals surface area contributed by atoms with Gasteiger partial charge in [-0.15, -0.1) is 0 Å². The normalized spacial score (nSPS) is 11.0. The highest BCUT2D eigenvalue weighted by atomic mass is 32.2. The highest BCUT2D eigenvalue weighted by molar-refractivity contribution is 7.90. The molecular formula is C16H18N2O3S. The van der Waals surface area contributed by atoms with Gasteiger partial charge in [-0.3, -0.25) is 4.79 Å². The van der Waals surface area contributed by atoms with E-state index in [-0.39, 0.29) is 17.3 Å². The number of rotatable bonds is 5. The molecule has 0 saturated carbocycles. The number of aryl methyl sites for hydroxylation is 1. The molecule has 0 fully saturated rings. The molecule has 22 heavy (non-hydrogen) atoms. The van der Waals surface area contributed by atoms with Crippen LogP contribution in [0.25, 0.3) is 0 Å². The van der Waals surface area contributed by atoms with Crippen molar-refractivity contribution in [1.29, 1.82) is 0 Å². The van der Waals surface area contributed by atoms with Crippen LogP contribution >= 0.6 is 0 Å². The van der Waals surface area contributed by atoms with Crippen LogP contribution in [0.3, 0.4) is 0 Å². The first-order chi connectivity index (χ1) is 10.3. The van der Waals surface area contributed by atoms with E-state index in [1.54, 1.807) is 12.1 Å². The lowest BCUT2D eigenvalue weighted by Gasteiger charge is -2.09. The van der Waals surface area contributed by atoms with Crippen molar-refractivity contribution in [3.05, 3.63) is 54.1 Å². The molecule has 0 aliphatic rings. The number of benzene rings is 2. The lowest BCUT2D eigenvalue weighted by Crippen LogP contribution is -2.21. The molecule has 2 rings (SSSR count). The van der Waals surface area contributed by atoms with Gasteiger partial charge in [-0.25, -0.2) is 8.42 Å². The molecule has 0 unspecified atom stereocenters. The maximum absolute atomic E-state index is 11.9. The Morgan fingerprint density at radius 1 is 1.05 bits per heavy atom.